The molecule has 5 aliphatic rings. The van der Waals surface area contributed by atoms with Crippen molar-refractivity contribution >= 4 is 5.78 Å². The Balaban J connectivity index is 1.55. The van der Waals surface area contributed by atoms with Crippen molar-refractivity contribution in [3.8, 4) is 0 Å². The van der Waals surface area contributed by atoms with Gasteiger partial charge in [-0.05, 0) is 122 Å². The van der Waals surface area contributed by atoms with Crippen LogP contribution < -0.4 is 0 Å². The highest BCUT2D eigenvalue weighted by atomic mass is 16.3. The highest BCUT2D eigenvalue weighted by molar-refractivity contribution is 5.79. The van der Waals surface area contributed by atoms with Gasteiger partial charge >= 0.3 is 0 Å². The van der Waals surface area contributed by atoms with E-state index in [1.165, 1.54) is 32.1 Å². The third kappa shape index (κ3) is 2.65. The molecule has 182 valence electrons. The molecule has 0 aliphatic heterocycles. The fraction of sp³-hybridized carbons (Fsp3) is 0.966. The van der Waals surface area contributed by atoms with E-state index in [0.29, 0.717) is 34.9 Å². The minimum atomic E-state index is -0.175. The van der Waals surface area contributed by atoms with Gasteiger partial charge in [-0.15, -0.1) is 0 Å². The fourth-order valence-electron chi connectivity index (χ4n) is 11.5. The van der Waals surface area contributed by atoms with E-state index < -0.39 is 0 Å². The van der Waals surface area contributed by atoms with Crippen molar-refractivity contribution in [2.75, 3.05) is 6.61 Å². The largest absolute Gasteiger partial charge is 0.396 e. The standard InChI is InChI=1S/C29H48O3/c1-18(31)19-9-14-29(17-30)16-15-27(5)20(24(19)29)7-8-22-26(4)12-11-23(32)25(2,3)21(26)10-13-28(22,27)6/h19-24,30,32H,7-17H2,1-6H3/t19-,20+,21-,22+,23-,24+,26+,27+,28+,29+/m0/s1. The summed E-state index contributed by atoms with van der Waals surface area (Å²) in [5, 5.41) is 21.4. The molecule has 0 aromatic carbocycles. The van der Waals surface area contributed by atoms with Crippen molar-refractivity contribution in [3.05, 3.63) is 0 Å². The summed E-state index contributed by atoms with van der Waals surface area (Å²) < 4.78 is 0. The topological polar surface area (TPSA) is 57.5 Å². The lowest BCUT2D eigenvalue weighted by Crippen LogP contribution is -2.66. The molecule has 0 spiro atoms. The van der Waals surface area contributed by atoms with E-state index in [1.54, 1.807) is 6.92 Å². The first-order chi connectivity index (χ1) is 14.9. The molecule has 10 atom stereocenters. The lowest BCUT2D eigenvalue weighted by molar-refractivity contribution is -0.249. The lowest BCUT2D eigenvalue weighted by atomic mass is 9.32. The van der Waals surface area contributed by atoms with Crippen LogP contribution in [0.4, 0.5) is 0 Å². The molecule has 0 aromatic heterocycles. The van der Waals surface area contributed by atoms with Crippen molar-refractivity contribution < 1.29 is 15.0 Å². The van der Waals surface area contributed by atoms with Crippen molar-refractivity contribution in [1.29, 1.82) is 0 Å². The summed E-state index contributed by atoms with van der Waals surface area (Å²) in [4.78, 5) is 12.7. The van der Waals surface area contributed by atoms with E-state index in [0.717, 1.165) is 32.1 Å². The minimum absolute atomic E-state index is 0.00410. The number of hydrogen-bond donors (Lipinski definition) is 2. The summed E-state index contributed by atoms with van der Waals surface area (Å²) in [6, 6.07) is 0. The molecule has 0 bridgehead atoms. The maximum Gasteiger partial charge on any atom is 0.133 e. The number of aliphatic hydroxyl groups excluding tert-OH is 2. The molecule has 3 heteroatoms. The van der Waals surface area contributed by atoms with Crippen LogP contribution in [0.25, 0.3) is 0 Å². The number of rotatable bonds is 2. The monoisotopic (exact) mass is 444 g/mol. The molecule has 0 unspecified atom stereocenters. The van der Waals surface area contributed by atoms with E-state index in [1.807, 2.05) is 0 Å². The van der Waals surface area contributed by atoms with E-state index in [9.17, 15) is 15.0 Å². The van der Waals surface area contributed by atoms with Gasteiger partial charge < -0.3 is 10.2 Å². The van der Waals surface area contributed by atoms with Gasteiger partial charge in [0.2, 0.25) is 0 Å². The van der Waals surface area contributed by atoms with Crippen LogP contribution in [0.3, 0.4) is 0 Å². The van der Waals surface area contributed by atoms with Crippen LogP contribution >= 0.6 is 0 Å². The Bertz CT molecular complexity index is 789. The summed E-state index contributed by atoms with van der Waals surface area (Å²) in [7, 11) is 0. The molecule has 3 nitrogen and oxygen atoms in total. The van der Waals surface area contributed by atoms with E-state index in [4.69, 9.17) is 0 Å². The van der Waals surface area contributed by atoms with Gasteiger partial charge in [-0.2, -0.15) is 0 Å². The Kier molecular flexibility index (Phi) is 5.15. The van der Waals surface area contributed by atoms with Crippen molar-refractivity contribution in [2.24, 2.45) is 56.7 Å². The van der Waals surface area contributed by atoms with Crippen LogP contribution in [-0.4, -0.2) is 28.7 Å². The van der Waals surface area contributed by atoms with Crippen LogP contribution in [0.5, 0.6) is 0 Å². The van der Waals surface area contributed by atoms with Gasteiger partial charge in [0, 0.05) is 12.5 Å². The molecule has 0 heterocycles. The maximum atomic E-state index is 12.7. The Morgan fingerprint density at radius 2 is 1.53 bits per heavy atom. The molecule has 0 amide bonds. The third-order valence-electron chi connectivity index (χ3n) is 13.4. The summed E-state index contributed by atoms with van der Waals surface area (Å²) in [6.07, 6.45) is 11.2. The second-order valence-electron chi connectivity index (χ2n) is 14.3. The molecule has 0 saturated heterocycles. The summed E-state index contributed by atoms with van der Waals surface area (Å²) in [6.45, 7) is 14.5. The van der Waals surface area contributed by atoms with Crippen molar-refractivity contribution in [1.82, 2.24) is 0 Å². The fourth-order valence-corrected chi connectivity index (χ4v) is 11.5. The van der Waals surface area contributed by atoms with Crippen LogP contribution in [-0.2, 0) is 4.79 Å². The molecule has 0 radical (unpaired) electrons. The lowest BCUT2D eigenvalue weighted by Gasteiger charge is -2.72. The molecule has 5 aliphatic carbocycles. The highest BCUT2D eigenvalue weighted by Crippen LogP contribution is 2.77. The first-order valence-electron chi connectivity index (χ1n) is 13.7. The van der Waals surface area contributed by atoms with Crippen LogP contribution in [0, 0.1) is 56.7 Å². The highest BCUT2D eigenvalue weighted by Gasteiger charge is 2.70. The second-order valence-corrected chi connectivity index (χ2v) is 14.3. The maximum absolute atomic E-state index is 12.7. The SMILES string of the molecule is CC(=O)[C@@H]1CC[C@]2(CO)CC[C@]3(C)[C@H](CC[C@@H]4[C@]5(C)CC[C@H](O)C(C)(C)[C@@H]5CC[C@]43C)[C@@H]12. The number of aliphatic hydroxyl groups is 2. The van der Waals surface area contributed by atoms with E-state index >= 15 is 0 Å². The first kappa shape index (κ1) is 23.3. The van der Waals surface area contributed by atoms with Gasteiger partial charge in [-0.25, -0.2) is 0 Å². The molecule has 2 N–H and O–H groups in total. The number of Topliss-reactive ketones (excluding diaryl/α,β-unsaturated/α-hetero) is 1. The summed E-state index contributed by atoms with van der Waals surface area (Å²) in [5.74, 6) is 2.73. The number of ketones is 1. The van der Waals surface area contributed by atoms with Gasteiger partial charge in [0.05, 0.1) is 6.10 Å². The zero-order chi connectivity index (χ0) is 23.3. The molecular weight excluding hydrogens is 396 g/mol. The Morgan fingerprint density at radius 1 is 0.812 bits per heavy atom. The number of carbonyl (C=O) groups is 1. The second kappa shape index (κ2) is 7.06. The number of carbonyl (C=O) groups excluding carboxylic acids is 1. The smallest absolute Gasteiger partial charge is 0.133 e. The van der Waals surface area contributed by atoms with Crippen LogP contribution in [0.1, 0.15) is 106 Å². The quantitative estimate of drug-likeness (QED) is 0.548. The zero-order valence-electron chi connectivity index (χ0n) is 21.5. The average Bonchev–Trinajstić information content (AvgIpc) is 3.12. The summed E-state index contributed by atoms with van der Waals surface area (Å²) in [5.41, 5.74) is 0.805. The normalized spacial score (nSPS) is 56.5. The van der Waals surface area contributed by atoms with Crippen molar-refractivity contribution in [2.45, 2.75) is 112 Å². The van der Waals surface area contributed by atoms with Crippen LogP contribution in [0.2, 0.25) is 0 Å². The molecule has 5 rings (SSSR count). The molecule has 0 aromatic rings. The molecule has 32 heavy (non-hydrogen) atoms. The van der Waals surface area contributed by atoms with E-state index in [-0.39, 0.29) is 40.3 Å². The predicted octanol–water partition coefficient (Wildman–Crippen LogP) is 6.01. The average molecular weight is 445 g/mol. The molecular formula is C29H48O3. The predicted molar refractivity (Wildman–Crippen MR) is 128 cm³/mol. The van der Waals surface area contributed by atoms with E-state index in [2.05, 4.69) is 34.6 Å². The van der Waals surface area contributed by atoms with Gasteiger partial charge in [-0.1, -0.05) is 34.6 Å². The van der Waals surface area contributed by atoms with Gasteiger partial charge in [0.1, 0.15) is 5.78 Å². The Hall–Kier alpha value is -0.410. The Morgan fingerprint density at radius 3 is 2.19 bits per heavy atom. The number of fused-ring (bicyclic) bond motifs is 7. The van der Waals surface area contributed by atoms with Crippen molar-refractivity contribution in [3.63, 3.8) is 0 Å². The van der Waals surface area contributed by atoms with Gasteiger partial charge in [-0.3, -0.25) is 4.79 Å². The molecule has 5 fully saturated rings. The molecule has 5 saturated carbocycles. The summed E-state index contributed by atoms with van der Waals surface area (Å²) >= 11 is 0. The number of hydrogen-bond acceptors (Lipinski definition) is 3. The van der Waals surface area contributed by atoms with Gasteiger partial charge in [0.15, 0.2) is 0 Å². The third-order valence-corrected chi connectivity index (χ3v) is 13.4. The zero-order valence-corrected chi connectivity index (χ0v) is 21.5. The minimum Gasteiger partial charge on any atom is -0.396 e. The first-order valence-corrected chi connectivity index (χ1v) is 13.7. The van der Waals surface area contributed by atoms with Gasteiger partial charge in [0.25, 0.3) is 0 Å². The Labute approximate surface area is 196 Å². The van der Waals surface area contributed by atoms with Crippen LogP contribution in [0.15, 0.2) is 0 Å².